The van der Waals surface area contributed by atoms with Crippen molar-refractivity contribution in [1.82, 2.24) is 24.5 Å². The first-order valence-electron chi connectivity index (χ1n) is 18.6. The van der Waals surface area contributed by atoms with Gasteiger partial charge < -0.3 is 14.0 Å². The van der Waals surface area contributed by atoms with Gasteiger partial charge in [0.1, 0.15) is 0 Å². The number of imidazole rings is 1. The zero-order valence-corrected chi connectivity index (χ0v) is 36.8. The fourth-order valence-electron chi connectivity index (χ4n) is 7.22. The molecule has 0 saturated carbocycles. The smallest absolute Gasteiger partial charge is 0.216 e. The van der Waals surface area contributed by atoms with Crippen molar-refractivity contribution < 1.29 is 24.5 Å². The SMILES string of the molecule is CCC(C)(CC)Cc1cc(-c2[c-]cccc2)ncc1[Si](C)(C)C.Cc1cc2nc(-c3[c-]cc(C)c4c3oc3ncccc34)n(C(C)(C)C)c2c(C)n1.[Ir]. The van der Waals surface area contributed by atoms with Gasteiger partial charge in [0, 0.05) is 49.1 Å². The zero-order valence-electron chi connectivity index (χ0n) is 33.4. The average molecular weight is 900 g/mol. The summed E-state index contributed by atoms with van der Waals surface area (Å²) in [6.07, 6.45) is 7.46. The minimum absolute atomic E-state index is 0. The predicted molar refractivity (Wildman–Crippen MR) is 220 cm³/mol. The van der Waals surface area contributed by atoms with E-state index in [1.807, 2.05) is 44.2 Å². The zero-order chi connectivity index (χ0) is 37.6. The Morgan fingerprint density at radius 2 is 1.62 bits per heavy atom. The van der Waals surface area contributed by atoms with Gasteiger partial charge in [0.2, 0.25) is 5.71 Å². The molecule has 0 aliphatic rings. The van der Waals surface area contributed by atoms with Gasteiger partial charge in [0.05, 0.1) is 36.2 Å². The van der Waals surface area contributed by atoms with Crippen molar-refractivity contribution in [3.8, 4) is 22.6 Å². The van der Waals surface area contributed by atoms with Crippen LogP contribution in [0.4, 0.5) is 0 Å². The van der Waals surface area contributed by atoms with Crippen LogP contribution in [0.25, 0.3) is 55.7 Å². The Morgan fingerprint density at radius 1 is 0.887 bits per heavy atom. The fourth-order valence-corrected chi connectivity index (χ4v) is 8.79. The van der Waals surface area contributed by atoms with Gasteiger partial charge >= 0.3 is 0 Å². The minimum atomic E-state index is -1.40. The van der Waals surface area contributed by atoms with Gasteiger partial charge in [-0.2, -0.15) is 0 Å². The second-order valence-electron chi connectivity index (χ2n) is 16.6. The summed E-state index contributed by atoms with van der Waals surface area (Å²) in [6.45, 7) is 26.9. The molecule has 0 N–H and O–H groups in total. The molecule has 0 fully saturated rings. The van der Waals surface area contributed by atoms with Crippen LogP contribution < -0.4 is 5.19 Å². The molecule has 1 radical (unpaired) electrons. The second kappa shape index (κ2) is 15.4. The van der Waals surface area contributed by atoms with Crippen molar-refractivity contribution in [3.63, 3.8) is 0 Å². The maximum atomic E-state index is 6.23. The normalized spacial score (nSPS) is 12.2. The van der Waals surface area contributed by atoms with Crippen LogP contribution in [-0.2, 0) is 32.1 Å². The summed E-state index contributed by atoms with van der Waals surface area (Å²) in [5.41, 5.74) is 11.1. The van der Waals surface area contributed by atoms with Crippen molar-refractivity contribution >= 4 is 46.4 Å². The van der Waals surface area contributed by atoms with E-state index in [0.29, 0.717) is 11.1 Å². The number of fused-ring (bicyclic) bond motifs is 4. The molecule has 0 aliphatic heterocycles. The Hall–Kier alpha value is -3.97. The van der Waals surface area contributed by atoms with Gasteiger partial charge in [-0.25, -0.2) is 4.98 Å². The van der Waals surface area contributed by atoms with Gasteiger partial charge in [-0.15, -0.1) is 53.6 Å². The van der Waals surface area contributed by atoms with Crippen LogP contribution in [0.2, 0.25) is 19.6 Å². The number of hydrogen-bond donors (Lipinski definition) is 0. The molecule has 2 aromatic carbocycles. The Labute approximate surface area is 330 Å². The quantitative estimate of drug-likeness (QED) is 0.118. The summed E-state index contributed by atoms with van der Waals surface area (Å²) in [7, 11) is -1.40. The number of aromatic nitrogens is 5. The van der Waals surface area contributed by atoms with Crippen molar-refractivity contribution in [2.24, 2.45) is 5.41 Å². The van der Waals surface area contributed by atoms with Crippen LogP contribution in [0.5, 0.6) is 0 Å². The predicted octanol–water partition coefficient (Wildman–Crippen LogP) is 11.3. The molecule has 5 aromatic heterocycles. The summed E-state index contributed by atoms with van der Waals surface area (Å²) in [5, 5.41) is 3.59. The van der Waals surface area contributed by atoms with E-state index in [0.717, 1.165) is 73.4 Å². The van der Waals surface area contributed by atoms with Gasteiger partial charge in [-0.1, -0.05) is 82.8 Å². The number of rotatable bonds is 7. The molecular weight excluding hydrogens is 847 g/mol. The molecule has 5 heterocycles. The van der Waals surface area contributed by atoms with Crippen molar-refractivity contribution in [3.05, 3.63) is 102 Å². The average Bonchev–Trinajstić information content (AvgIpc) is 3.69. The van der Waals surface area contributed by atoms with E-state index < -0.39 is 8.07 Å². The third kappa shape index (κ3) is 8.11. The first kappa shape index (κ1) is 40.2. The van der Waals surface area contributed by atoms with Crippen LogP contribution >= 0.6 is 0 Å². The van der Waals surface area contributed by atoms with Crippen molar-refractivity contribution in [1.29, 1.82) is 0 Å². The topological polar surface area (TPSA) is 69.6 Å². The van der Waals surface area contributed by atoms with Crippen LogP contribution in [0, 0.1) is 38.3 Å². The van der Waals surface area contributed by atoms with E-state index >= 15 is 0 Å². The van der Waals surface area contributed by atoms with E-state index in [9.17, 15) is 0 Å². The van der Waals surface area contributed by atoms with Crippen LogP contribution in [0.1, 0.15) is 76.9 Å². The Kier molecular flexibility index (Phi) is 11.7. The molecule has 0 atom stereocenters. The maximum Gasteiger partial charge on any atom is 0.216 e. The van der Waals surface area contributed by atoms with E-state index in [2.05, 4.69) is 125 Å². The molecule has 0 bridgehead atoms. The summed E-state index contributed by atoms with van der Waals surface area (Å²) in [4.78, 5) is 18.9. The molecule has 0 spiro atoms. The molecule has 0 aliphatic carbocycles. The number of aryl methyl sites for hydroxylation is 3. The van der Waals surface area contributed by atoms with E-state index in [-0.39, 0.29) is 25.6 Å². The molecule has 6 nitrogen and oxygen atoms in total. The van der Waals surface area contributed by atoms with Gasteiger partial charge in [-0.3, -0.25) is 9.97 Å². The van der Waals surface area contributed by atoms with E-state index in [4.69, 9.17) is 14.4 Å². The van der Waals surface area contributed by atoms with Crippen LogP contribution in [0.3, 0.4) is 0 Å². The first-order chi connectivity index (χ1) is 24.5. The molecule has 0 amide bonds. The largest absolute Gasteiger partial charge is 0.486 e. The second-order valence-corrected chi connectivity index (χ2v) is 21.7. The number of nitrogens with zero attached hydrogens (tertiary/aromatic N) is 5. The minimum Gasteiger partial charge on any atom is -0.486 e. The standard InChI is InChI=1S/C24H23N4O.C21H30NSi.Ir/c1-13-9-10-17(21-19(13)16-8-7-11-25-23(16)29-21)22-27-18-12-14(2)26-15(3)20(18)28(22)24(4,5)6;1-7-21(3,8-2)15-18-14-19(17-12-10-9-11-13-17)22-16-20(18)23(4,5)6;/h7-9,11-12H,1-6H3;9-12,14,16H,7-8,15H2,1-6H3;/q2*-1;. The molecule has 0 unspecified atom stereocenters. The number of hydrogen-bond acceptors (Lipinski definition) is 5. The van der Waals surface area contributed by atoms with Gasteiger partial charge in [-0.05, 0) is 75.5 Å². The van der Waals surface area contributed by atoms with E-state index in [1.165, 1.54) is 23.6 Å². The number of furan rings is 1. The Bertz CT molecular complexity index is 2380. The Morgan fingerprint density at radius 3 is 2.26 bits per heavy atom. The first-order valence-corrected chi connectivity index (χ1v) is 22.1. The van der Waals surface area contributed by atoms with Gasteiger partial charge in [0.15, 0.2) is 0 Å². The molecule has 53 heavy (non-hydrogen) atoms. The third-order valence-electron chi connectivity index (χ3n) is 10.5. The molecule has 8 heteroatoms. The Balaban J connectivity index is 0.000000207. The summed E-state index contributed by atoms with van der Waals surface area (Å²) >= 11 is 0. The van der Waals surface area contributed by atoms with Crippen LogP contribution in [0.15, 0.2) is 71.4 Å². The maximum absolute atomic E-state index is 6.23. The van der Waals surface area contributed by atoms with Gasteiger partial charge in [0.25, 0.3) is 0 Å². The summed E-state index contributed by atoms with van der Waals surface area (Å²) in [5.74, 6) is 0.840. The molecule has 7 rings (SSSR count). The van der Waals surface area contributed by atoms with Crippen LogP contribution in [-0.4, -0.2) is 32.6 Å². The summed E-state index contributed by atoms with van der Waals surface area (Å²) < 4.78 is 8.48. The van der Waals surface area contributed by atoms with Crippen molar-refractivity contribution in [2.75, 3.05) is 0 Å². The third-order valence-corrected chi connectivity index (χ3v) is 12.5. The number of pyridine rings is 3. The fraction of sp³-hybridized carbons (Fsp3) is 0.378. The number of benzene rings is 2. The van der Waals surface area contributed by atoms with Crippen molar-refractivity contribution in [2.45, 2.75) is 107 Å². The van der Waals surface area contributed by atoms with E-state index in [1.54, 1.807) is 6.20 Å². The molecular formula is C45H53IrN5OSi-2. The molecule has 279 valence electrons. The molecule has 7 aromatic rings. The summed E-state index contributed by atoms with van der Waals surface area (Å²) in [6, 6.07) is 25.2. The monoisotopic (exact) mass is 900 g/mol. The molecule has 0 saturated heterocycles.